The fourth-order valence-corrected chi connectivity index (χ4v) is 2.31. The minimum absolute atomic E-state index is 0.000857. The van der Waals surface area contributed by atoms with Crippen molar-refractivity contribution in [2.75, 3.05) is 11.9 Å². The molecule has 1 amide bonds. The van der Waals surface area contributed by atoms with Crippen molar-refractivity contribution in [1.82, 2.24) is 4.90 Å². The van der Waals surface area contributed by atoms with Crippen molar-refractivity contribution in [3.05, 3.63) is 29.3 Å². The molecule has 1 aromatic rings. The molecule has 0 saturated carbocycles. The molecule has 1 aromatic carbocycles. The van der Waals surface area contributed by atoms with Crippen LogP contribution in [-0.4, -0.2) is 34.8 Å². The van der Waals surface area contributed by atoms with Gasteiger partial charge in [0.05, 0.1) is 0 Å². The van der Waals surface area contributed by atoms with Crippen LogP contribution in [0, 0.1) is 0 Å². The molecule has 1 atom stereocenters. The average Bonchev–Trinajstić information content (AvgIpc) is 2.38. The minimum Gasteiger partial charge on any atom is -0.481 e. The predicted octanol–water partition coefficient (Wildman–Crippen LogP) is 4.13. The molecule has 20 heavy (non-hydrogen) atoms. The number of halogens is 2. The molecule has 1 rings (SSSR count). The maximum atomic E-state index is 12.4. The van der Waals surface area contributed by atoms with Gasteiger partial charge in [-0.15, -0.1) is 0 Å². The molecule has 0 aliphatic rings. The van der Waals surface area contributed by atoms with Gasteiger partial charge in [0.2, 0.25) is 0 Å². The molecule has 0 aromatic heterocycles. The van der Waals surface area contributed by atoms with E-state index in [1.54, 1.807) is 31.2 Å². The standard InChI is InChI=1S/C15H21BrClNO2/c1-11(2)18(9-5-8-16)15(19)12(3)20-14-7-4-6-13(17)10-14/h4,6-7,10-12H,5,8-9H2,1-3H3. The van der Waals surface area contributed by atoms with Crippen LogP contribution in [0.2, 0.25) is 5.02 Å². The van der Waals surface area contributed by atoms with Crippen LogP contribution >= 0.6 is 27.5 Å². The molecule has 0 aliphatic heterocycles. The maximum absolute atomic E-state index is 12.4. The zero-order valence-corrected chi connectivity index (χ0v) is 14.4. The summed E-state index contributed by atoms with van der Waals surface area (Å²) in [7, 11) is 0. The summed E-state index contributed by atoms with van der Waals surface area (Å²) in [5.41, 5.74) is 0. The number of benzene rings is 1. The van der Waals surface area contributed by atoms with Crippen LogP contribution in [0.3, 0.4) is 0 Å². The monoisotopic (exact) mass is 361 g/mol. The van der Waals surface area contributed by atoms with Gasteiger partial charge in [-0.25, -0.2) is 0 Å². The van der Waals surface area contributed by atoms with Crippen LogP contribution in [0.25, 0.3) is 0 Å². The van der Waals surface area contributed by atoms with Gasteiger partial charge >= 0.3 is 0 Å². The number of amides is 1. The van der Waals surface area contributed by atoms with E-state index in [0.717, 1.165) is 18.3 Å². The third kappa shape index (κ3) is 5.33. The average molecular weight is 363 g/mol. The van der Waals surface area contributed by atoms with E-state index in [9.17, 15) is 4.79 Å². The second kappa shape index (κ2) is 8.53. The third-order valence-electron chi connectivity index (χ3n) is 2.90. The number of carbonyl (C=O) groups excluding carboxylic acids is 1. The number of carbonyl (C=O) groups is 1. The van der Waals surface area contributed by atoms with Gasteiger partial charge in [0.1, 0.15) is 5.75 Å². The first-order chi connectivity index (χ1) is 9.45. The summed E-state index contributed by atoms with van der Waals surface area (Å²) in [5.74, 6) is 0.614. The van der Waals surface area contributed by atoms with Gasteiger partial charge in [-0.1, -0.05) is 33.6 Å². The quantitative estimate of drug-likeness (QED) is 0.683. The zero-order chi connectivity index (χ0) is 15.1. The van der Waals surface area contributed by atoms with Crippen molar-refractivity contribution in [3.8, 4) is 5.75 Å². The largest absolute Gasteiger partial charge is 0.481 e. The Morgan fingerprint density at radius 2 is 2.10 bits per heavy atom. The lowest BCUT2D eigenvalue weighted by Crippen LogP contribution is -2.44. The molecule has 3 nitrogen and oxygen atoms in total. The van der Waals surface area contributed by atoms with Gasteiger partial charge in [0, 0.05) is 22.9 Å². The fourth-order valence-electron chi connectivity index (χ4n) is 1.88. The number of hydrogen-bond acceptors (Lipinski definition) is 2. The molecule has 0 N–H and O–H groups in total. The van der Waals surface area contributed by atoms with Gasteiger partial charge in [-0.2, -0.15) is 0 Å². The first-order valence-electron chi connectivity index (χ1n) is 6.74. The lowest BCUT2D eigenvalue weighted by Gasteiger charge is -2.29. The molecule has 0 radical (unpaired) electrons. The number of nitrogens with zero attached hydrogens (tertiary/aromatic N) is 1. The molecule has 5 heteroatoms. The predicted molar refractivity (Wildman–Crippen MR) is 86.8 cm³/mol. The Morgan fingerprint density at radius 1 is 1.40 bits per heavy atom. The molecule has 112 valence electrons. The number of ether oxygens (including phenoxy) is 1. The SMILES string of the molecule is CC(Oc1cccc(Cl)c1)C(=O)N(CCCBr)C(C)C. The fraction of sp³-hybridized carbons (Fsp3) is 0.533. The minimum atomic E-state index is -0.522. The Balaban J connectivity index is 2.68. The molecule has 0 heterocycles. The normalized spacial score (nSPS) is 12.3. The van der Waals surface area contributed by atoms with Gasteiger partial charge < -0.3 is 9.64 Å². The second-order valence-corrected chi connectivity index (χ2v) is 6.11. The number of hydrogen-bond donors (Lipinski definition) is 0. The Bertz CT molecular complexity index is 440. The Labute approximate surface area is 134 Å². The van der Waals surface area contributed by atoms with E-state index >= 15 is 0 Å². The highest BCUT2D eigenvalue weighted by Crippen LogP contribution is 2.19. The number of rotatable bonds is 7. The molecule has 0 spiro atoms. The van der Waals surface area contributed by atoms with E-state index in [2.05, 4.69) is 15.9 Å². The van der Waals surface area contributed by atoms with Crippen LogP contribution < -0.4 is 4.74 Å². The van der Waals surface area contributed by atoms with E-state index in [-0.39, 0.29) is 11.9 Å². The van der Waals surface area contributed by atoms with Crippen LogP contribution in [-0.2, 0) is 4.79 Å². The molecule has 0 aliphatic carbocycles. The topological polar surface area (TPSA) is 29.5 Å². The van der Waals surface area contributed by atoms with Crippen molar-refractivity contribution in [2.24, 2.45) is 0 Å². The van der Waals surface area contributed by atoms with Gasteiger partial charge in [0.15, 0.2) is 6.10 Å². The van der Waals surface area contributed by atoms with Crippen molar-refractivity contribution >= 4 is 33.4 Å². The molecule has 1 unspecified atom stereocenters. The Kier molecular flexibility index (Phi) is 7.38. The van der Waals surface area contributed by atoms with Crippen molar-refractivity contribution < 1.29 is 9.53 Å². The molecule has 0 fully saturated rings. The highest BCUT2D eigenvalue weighted by molar-refractivity contribution is 9.09. The second-order valence-electron chi connectivity index (χ2n) is 4.89. The molecular formula is C15H21BrClNO2. The van der Waals surface area contributed by atoms with Gasteiger partial charge in [-0.05, 0) is 45.4 Å². The first-order valence-corrected chi connectivity index (χ1v) is 8.24. The van der Waals surface area contributed by atoms with Crippen LogP contribution in [0.15, 0.2) is 24.3 Å². The van der Waals surface area contributed by atoms with E-state index in [4.69, 9.17) is 16.3 Å². The van der Waals surface area contributed by atoms with Crippen LogP contribution in [0.5, 0.6) is 5.75 Å². The van der Waals surface area contributed by atoms with Crippen molar-refractivity contribution in [3.63, 3.8) is 0 Å². The highest BCUT2D eigenvalue weighted by Gasteiger charge is 2.23. The van der Waals surface area contributed by atoms with Crippen molar-refractivity contribution in [1.29, 1.82) is 0 Å². The summed E-state index contributed by atoms with van der Waals surface area (Å²) in [6.45, 7) is 6.52. The van der Waals surface area contributed by atoms with E-state index < -0.39 is 6.10 Å². The lowest BCUT2D eigenvalue weighted by molar-refractivity contribution is -0.139. The summed E-state index contributed by atoms with van der Waals surface area (Å²) in [5, 5.41) is 1.48. The summed E-state index contributed by atoms with van der Waals surface area (Å²) in [4.78, 5) is 14.3. The van der Waals surface area contributed by atoms with Crippen LogP contribution in [0.1, 0.15) is 27.2 Å². The Morgan fingerprint density at radius 3 is 2.65 bits per heavy atom. The highest BCUT2D eigenvalue weighted by atomic mass is 79.9. The maximum Gasteiger partial charge on any atom is 0.263 e. The van der Waals surface area contributed by atoms with Gasteiger partial charge in [0.25, 0.3) is 5.91 Å². The van der Waals surface area contributed by atoms with E-state index in [1.165, 1.54) is 0 Å². The summed E-state index contributed by atoms with van der Waals surface area (Å²) in [6, 6.07) is 7.25. The lowest BCUT2D eigenvalue weighted by atomic mass is 10.2. The van der Waals surface area contributed by atoms with Crippen molar-refractivity contribution in [2.45, 2.75) is 39.3 Å². The number of alkyl halides is 1. The summed E-state index contributed by atoms with van der Waals surface area (Å²) >= 11 is 9.30. The smallest absolute Gasteiger partial charge is 0.263 e. The summed E-state index contributed by atoms with van der Waals surface area (Å²) < 4.78 is 5.68. The third-order valence-corrected chi connectivity index (χ3v) is 3.69. The van der Waals surface area contributed by atoms with E-state index in [1.807, 2.05) is 18.7 Å². The Hall–Kier alpha value is -0.740. The summed E-state index contributed by atoms with van der Waals surface area (Å²) in [6.07, 6.45) is 0.402. The van der Waals surface area contributed by atoms with E-state index in [0.29, 0.717) is 10.8 Å². The first kappa shape index (κ1) is 17.3. The molecule has 0 bridgehead atoms. The van der Waals surface area contributed by atoms with Gasteiger partial charge in [-0.3, -0.25) is 4.79 Å². The zero-order valence-electron chi connectivity index (χ0n) is 12.1. The molecular weight excluding hydrogens is 342 g/mol. The van der Waals surface area contributed by atoms with Crippen LogP contribution in [0.4, 0.5) is 0 Å². The molecule has 0 saturated heterocycles.